The third kappa shape index (κ3) is 5.07. The van der Waals surface area contributed by atoms with Crippen LogP contribution in [0.1, 0.15) is 19.4 Å². The monoisotopic (exact) mass is 249 g/mol. The van der Waals surface area contributed by atoms with Crippen LogP contribution in [0.5, 0.6) is 0 Å². The first-order valence-corrected chi connectivity index (χ1v) is 6.76. The van der Waals surface area contributed by atoms with E-state index in [9.17, 15) is 0 Å². The molecule has 102 valence electrons. The number of likely N-dealkylation sites (N-methyl/N-ethyl adjacent to an activating group) is 2. The van der Waals surface area contributed by atoms with Crippen molar-refractivity contribution >= 4 is 5.69 Å². The van der Waals surface area contributed by atoms with Crippen LogP contribution < -0.4 is 5.73 Å². The van der Waals surface area contributed by atoms with Crippen molar-refractivity contribution in [3.63, 3.8) is 0 Å². The van der Waals surface area contributed by atoms with E-state index >= 15 is 0 Å². The van der Waals surface area contributed by atoms with Gasteiger partial charge < -0.3 is 10.6 Å². The van der Waals surface area contributed by atoms with Crippen LogP contribution in [0.25, 0.3) is 0 Å². The average molecular weight is 249 g/mol. The Bertz CT molecular complexity index is 349. The molecule has 0 aliphatic rings. The van der Waals surface area contributed by atoms with Crippen LogP contribution in [0, 0.1) is 0 Å². The second-order valence-electron chi connectivity index (χ2n) is 5.23. The van der Waals surface area contributed by atoms with Gasteiger partial charge in [-0.25, -0.2) is 0 Å². The molecular formula is C15H27N3. The zero-order valence-corrected chi connectivity index (χ0v) is 12.2. The summed E-state index contributed by atoms with van der Waals surface area (Å²) in [5, 5.41) is 0. The average Bonchev–Trinajstić information content (AvgIpc) is 2.29. The van der Waals surface area contributed by atoms with E-state index in [2.05, 4.69) is 49.9 Å². The fourth-order valence-electron chi connectivity index (χ4n) is 2.36. The number of hydrogen-bond acceptors (Lipinski definition) is 3. The Kier molecular flexibility index (Phi) is 6.16. The molecule has 0 aliphatic heterocycles. The van der Waals surface area contributed by atoms with Crippen molar-refractivity contribution in [2.24, 2.45) is 0 Å². The molecule has 1 aromatic rings. The maximum Gasteiger partial charge on any atom is 0.0316 e. The Balaban J connectivity index is 2.48. The SMILES string of the molecule is CCN(CCc1cccc(N)c1)C(C)CN(C)C. The van der Waals surface area contributed by atoms with Crippen molar-refractivity contribution in [2.75, 3.05) is 39.5 Å². The van der Waals surface area contributed by atoms with Crippen molar-refractivity contribution in [1.82, 2.24) is 9.80 Å². The first kappa shape index (κ1) is 15.0. The van der Waals surface area contributed by atoms with Crippen LogP contribution in [0.15, 0.2) is 24.3 Å². The Morgan fingerprint density at radius 2 is 2.00 bits per heavy atom. The zero-order valence-electron chi connectivity index (χ0n) is 12.2. The van der Waals surface area contributed by atoms with Gasteiger partial charge in [0.15, 0.2) is 0 Å². The lowest BCUT2D eigenvalue weighted by Gasteiger charge is -2.30. The summed E-state index contributed by atoms with van der Waals surface area (Å²) >= 11 is 0. The minimum Gasteiger partial charge on any atom is -0.399 e. The molecule has 0 saturated carbocycles. The normalized spacial score (nSPS) is 13.2. The molecule has 1 atom stereocenters. The number of hydrogen-bond donors (Lipinski definition) is 1. The molecule has 1 unspecified atom stereocenters. The van der Waals surface area contributed by atoms with Gasteiger partial charge in [-0.15, -0.1) is 0 Å². The fourth-order valence-corrected chi connectivity index (χ4v) is 2.36. The van der Waals surface area contributed by atoms with Gasteiger partial charge in [0, 0.05) is 24.8 Å². The molecule has 18 heavy (non-hydrogen) atoms. The van der Waals surface area contributed by atoms with Gasteiger partial charge >= 0.3 is 0 Å². The Hall–Kier alpha value is -1.06. The van der Waals surface area contributed by atoms with Gasteiger partial charge in [-0.05, 0) is 51.7 Å². The minimum absolute atomic E-state index is 0.589. The highest BCUT2D eigenvalue weighted by molar-refractivity contribution is 5.40. The van der Waals surface area contributed by atoms with E-state index < -0.39 is 0 Å². The molecule has 0 amide bonds. The predicted octanol–water partition coefficient (Wildman–Crippen LogP) is 2.08. The lowest BCUT2D eigenvalue weighted by atomic mass is 10.1. The molecule has 3 nitrogen and oxygen atoms in total. The summed E-state index contributed by atoms with van der Waals surface area (Å²) in [6.07, 6.45) is 1.07. The highest BCUT2D eigenvalue weighted by atomic mass is 15.2. The van der Waals surface area contributed by atoms with E-state index in [-0.39, 0.29) is 0 Å². The fraction of sp³-hybridized carbons (Fsp3) is 0.600. The first-order valence-electron chi connectivity index (χ1n) is 6.76. The summed E-state index contributed by atoms with van der Waals surface area (Å²) in [5.74, 6) is 0. The smallest absolute Gasteiger partial charge is 0.0316 e. The third-order valence-electron chi connectivity index (χ3n) is 3.30. The summed E-state index contributed by atoms with van der Waals surface area (Å²) in [6.45, 7) is 7.81. The van der Waals surface area contributed by atoms with Gasteiger partial charge in [0.25, 0.3) is 0 Å². The van der Waals surface area contributed by atoms with Crippen LogP contribution in [-0.4, -0.2) is 49.6 Å². The van der Waals surface area contributed by atoms with Crippen LogP contribution in [0.2, 0.25) is 0 Å². The highest BCUT2D eigenvalue weighted by Crippen LogP contribution is 2.09. The Morgan fingerprint density at radius 1 is 1.28 bits per heavy atom. The van der Waals surface area contributed by atoms with Gasteiger partial charge in [0.1, 0.15) is 0 Å². The predicted molar refractivity (Wildman–Crippen MR) is 79.8 cm³/mol. The molecule has 0 radical (unpaired) electrons. The molecule has 0 bridgehead atoms. The van der Waals surface area contributed by atoms with E-state index in [1.54, 1.807) is 0 Å². The van der Waals surface area contributed by atoms with Gasteiger partial charge in [-0.1, -0.05) is 19.1 Å². The van der Waals surface area contributed by atoms with Crippen LogP contribution in [-0.2, 0) is 6.42 Å². The van der Waals surface area contributed by atoms with Crippen molar-refractivity contribution in [2.45, 2.75) is 26.3 Å². The second kappa shape index (κ2) is 7.39. The van der Waals surface area contributed by atoms with Gasteiger partial charge in [-0.3, -0.25) is 4.90 Å². The highest BCUT2D eigenvalue weighted by Gasteiger charge is 2.12. The van der Waals surface area contributed by atoms with Crippen LogP contribution in [0.3, 0.4) is 0 Å². The zero-order chi connectivity index (χ0) is 13.5. The number of nitrogen functional groups attached to an aromatic ring is 1. The lowest BCUT2D eigenvalue weighted by molar-refractivity contribution is 0.183. The van der Waals surface area contributed by atoms with E-state index in [1.165, 1.54) is 5.56 Å². The van der Waals surface area contributed by atoms with Gasteiger partial charge in [0.2, 0.25) is 0 Å². The van der Waals surface area contributed by atoms with Crippen LogP contribution in [0.4, 0.5) is 5.69 Å². The van der Waals surface area contributed by atoms with E-state index in [0.717, 1.165) is 31.7 Å². The molecule has 1 aromatic carbocycles. The summed E-state index contributed by atoms with van der Waals surface area (Å²) in [6, 6.07) is 8.79. The number of anilines is 1. The van der Waals surface area contributed by atoms with E-state index in [4.69, 9.17) is 5.73 Å². The molecule has 0 heterocycles. The largest absolute Gasteiger partial charge is 0.399 e. The standard InChI is InChI=1S/C15H27N3/c1-5-18(13(2)12-17(3)4)10-9-14-7-6-8-15(16)11-14/h6-8,11,13H,5,9-10,12,16H2,1-4H3. The van der Waals surface area contributed by atoms with E-state index in [0.29, 0.717) is 6.04 Å². The first-order chi connectivity index (χ1) is 8.52. The third-order valence-corrected chi connectivity index (χ3v) is 3.30. The minimum atomic E-state index is 0.589. The van der Waals surface area contributed by atoms with Gasteiger partial charge in [-0.2, -0.15) is 0 Å². The number of benzene rings is 1. The molecule has 1 rings (SSSR count). The lowest BCUT2D eigenvalue weighted by Crippen LogP contribution is -2.41. The van der Waals surface area contributed by atoms with Crippen molar-refractivity contribution in [3.8, 4) is 0 Å². The Labute approximate surface area is 112 Å². The van der Waals surface area contributed by atoms with Crippen molar-refractivity contribution in [1.29, 1.82) is 0 Å². The number of rotatable bonds is 7. The van der Waals surface area contributed by atoms with Crippen molar-refractivity contribution in [3.05, 3.63) is 29.8 Å². The molecule has 0 aliphatic carbocycles. The second-order valence-corrected chi connectivity index (χ2v) is 5.23. The molecule has 0 aromatic heterocycles. The summed E-state index contributed by atoms with van der Waals surface area (Å²) in [7, 11) is 4.25. The van der Waals surface area contributed by atoms with E-state index in [1.807, 2.05) is 12.1 Å². The summed E-state index contributed by atoms with van der Waals surface area (Å²) in [5.41, 5.74) is 7.99. The van der Waals surface area contributed by atoms with Crippen LogP contribution >= 0.6 is 0 Å². The number of nitrogens with zero attached hydrogens (tertiary/aromatic N) is 2. The van der Waals surface area contributed by atoms with Crippen molar-refractivity contribution < 1.29 is 0 Å². The topological polar surface area (TPSA) is 32.5 Å². The summed E-state index contributed by atoms with van der Waals surface area (Å²) in [4.78, 5) is 4.76. The molecular weight excluding hydrogens is 222 g/mol. The summed E-state index contributed by atoms with van der Waals surface area (Å²) < 4.78 is 0. The maximum absolute atomic E-state index is 5.80. The quantitative estimate of drug-likeness (QED) is 0.751. The molecule has 0 fully saturated rings. The molecule has 2 N–H and O–H groups in total. The molecule has 0 spiro atoms. The Morgan fingerprint density at radius 3 is 2.56 bits per heavy atom. The molecule has 3 heteroatoms. The maximum atomic E-state index is 5.80. The number of nitrogens with two attached hydrogens (primary N) is 1. The molecule has 0 saturated heterocycles. The van der Waals surface area contributed by atoms with Gasteiger partial charge in [0.05, 0.1) is 0 Å².